The van der Waals surface area contributed by atoms with Crippen LogP contribution in [0.5, 0.6) is 0 Å². The average molecular weight is 412 g/mol. The fourth-order valence-corrected chi connectivity index (χ4v) is 4.81. The lowest BCUT2D eigenvalue weighted by Gasteiger charge is -2.17. The summed E-state index contributed by atoms with van der Waals surface area (Å²) in [6.45, 7) is 0. The van der Waals surface area contributed by atoms with E-state index in [4.69, 9.17) is 0 Å². The minimum atomic E-state index is -4.67. The molecule has 4 aromatic rings. The zero-order valence-corrected chi connectivity index (χ0v) is 15.8. The van der Waals surface area contributed by atoms with Crippen LogP contribution in [0.25, 0.3) is 32.7 Å². The molecule has 0 aromatic heterocycles. The number of fused-ring (bicyclic) bond motifs is 2. The Balaban J connectivity index is 2.12. The molecule has 0 saturated carbocycles. The quantitative estimate of drug-likeness (QED) is 0.476. The van der Waals surface area contributed by atoms with Gasteiger partial charge in [0.2, 0.25) is 0 Å². The van der Waals surface area contributed by atoms with E-state index in [9.17, 15) is 25.9 Å². The molecule has 0 unspecified atom stereocenters. The molecule has 0 fully saturated rings. The molecular weight excluding hydrogens is 400 g/mol. The number of benzene rings is 4. The Hall–Kier alpha value is -2.78. The average Bonchev–Trinajstić information content (AvgIpc) is 2.64. The standard InChI is InChI=1S/C20H14O6S2/c21-27(22,23)19-11-9-15(13-5-1-3-7-17(13)19)16-10-12-20(28(24,25)26)18-8-4-2-6-14(16)18/h1-12H,(H,21,22,23)(H,24,25,26)/p-2. The van der Waals surface area contributed by atoms with Crippen LogP contribution in [0.3, 0.4) is 0 Å². The van der Waals surface area contributed by atoms with Gasteiger partial charge in [0.25, 0.3) is 0 Å². The maximum atomic E-state index is 11.6. The normalized spacial score (nSPS) is 12.5. The van der Waals surface area contributed by atoms with Crippen LogP contribution in [0, 0.1) is 0 Å². The van der Waals surface area contributed by atoms with E-state index in [1.807, 2.05) is 0 Å². The molecule has 8 heteroatoms. The zero-order chi connectivity index (χ0) is 20.1. The summed E-state index contributed by atoms with van der Waals surface area (Å²) in [7, 11) is -9.34. The Kier molecular flexibility index (Phi) is 4.24. The second-order valence-corrected chi connectivity index (χ2v) is 8.92. The molecule has 4 rings (SSSR count). The van der Waals surface area contributed by atoms with E-state index >= 15 is 0 Å². The molecule has 0 aliphatic rings. The van der Waals surface area contributed by atoms with Gasteiger partial charge in [0, 0.05) is 0 Å². The molecule has 0 amide bonds. The van der Waals surface area contributed by atoms with Crippen LogP contribution in [0.1, 0.15) is 0 Å². The lowest BCUT2D eigenvalue weighted by molar-refractivity contribution is 0.461. The fourth-order valence-electron chi connectivity index (χ4n) is 3.45. The molecule has 0 aliphatic carbocycles. The van der Waals surface area contributed by atoms with Gasteiger partial charge in [-0.3, -0.25) is 0 Å². The van der Waals surface area contributed by atoms with E-state index in [2.05, 4.69) is 0 Å². The van der Waals surface area contributed by atoms with Crippen molar-refractivity contribution in [2.24, 2.45) is 0 Å². The molecule has 4 aromatic carbocycles. The first kappa shape index (κ1) is 18.6. The van der Waals surface area contributed by atoms with Gasteiger partial charge >= 0.3 is 0 Å². The largest absolute Gasteiger partial charge is 0.744 e. The van der Waals surface area contributed by atoms with Gasteiger partial charge in [0.15, 0.2) is 0 Å². The van der Waals surface area contributed by atoms with Crippen LogP contribution in [-0.4, -0.2) is 25.9 Å². The van der Waals surface area contributed by atoms with Crippen LogP contribution >= 0.6 is 0 Å². The van der Waals surface area contributed by atoms with Crippen molar-refractivity contribution in [1.82, 2.24) is 0 Å². The van der Waals surface area contributed by atoms with Crippen LogP contribution < -0.4 is 0 Å². The van der Waals surface area contributed by atoms with Crippen molar-refractivity contribution in [2.45, 2.75) is 9.79 Å². The van der Waals surface area contributed by atoms with Gasteiger partial charge in [-0.05, 0) is 44.8 Å². The van der Waals surface area contributed by atoms with Gasteiger partial charge in [-0.2, -0.15) is 0 Å². The van der Waals surface area contributed by atoms with E-state index in [0.29, 0.717) is 21.9 Å². The van der Waals surface area contributed by atoms with Crippen molar-refractivity contribution in [3.63, 3.8) is 0 Å². The molecule has 28 heavy (non-hydrogen) atoms. The lowest BCUT2D eigenvalue weighted by Crippen LogP contribution is -2.01. The highest BCUT2D eigenvalue weighted by molar-refractivity contribution is 7.86. The molecule has 0 bridgehead atoms. The monoisotopic (exact) mass is 412 g/mol. The summed E-state index contributed by atoms with van der Waals surface area (Å²) in [5.41, 5.74) is 1.24. The van der Waals surface area contributed by atoms with Crippen LogP contribution in [0.15, 0.2) is 82.6 Å². The smallest absolute Gasteiger partial charge is 0.125 e. The topological polar surface area (TPSA) is 114 Å². The molecule has 0 atom stereocenters. The molecule has 0 heterocycles. The van der Waals surface area contributed by atoms with Crippen LogP contribution in [0.2, 0.25) is 0 Å². The summed E-state index contributed by atoms with van der Waals surface area (Å²) in [5.74, 6) is 0. The second kappa shape index (κ2) is 6.39. The summed E-state index contributed by atoms with van der Waals surface area (Å²) in [4.78, 5) is -0.648. The minimum absolute atomic E-state index is 0.277. The highest BCUT2D eigenvalue weighted by Gasteiger charge is 2.15. The van der Waals surface area contributed by atoms with Crippen molar-refractivity contribution in [3.8, 4) is 11.1 Å². The maximum Gasteiger partial charge on any atom is 0.125 e. The first-order chi connectivity index (χ1) is 13.2. The van der Waals surface area contributed by atoms with E-state index in [1.165, 1.54) is 24.3 Å². The van der Waals surface area contributed by atoms with Gasteiger partial charge in [-0.25, -0.2) is 16.8 Å². The Morgan fingerprint density at radius 1 is 0.464 bits per heavy atom. The van der Waals surface area contributed by atoms with Gasteiger partial charge in [-0.1, -0.05) is 60.7 Å². The Bertz CT molecular complexity index is 1340. The van der Waals surface area contributed by atoms with Crippen molar-refractivity contribution in [2.75, 3.05) is 0 Å². The Labute approximate surface area is 161 Å². The zero-order valence-electron chi connectivity index (χ0n) is 14.2. The summed E-state index contributed by atoms with van der Waals surface area (Å²) in [5, 5.41) is 1.61. The number of hydrogen-bond donors (Lipinski definition) is 0. The second-order valence-electron chi connectivity index (χ2n) is 6.22. The lowest BCUT2D eigenvalue weighted by atomic mass is 9.94. The summed E-state index contributed by atoms with van der Waals surface area (Å²) in [6.07, 6.45) is 0. The molecular formula is C20H12O6S2-2. The van der Waals surface area contributed by atoms with Crippen LogP contribution in [-0.2, 0) is 20.2 Å². The van der Waals surface area contributed by atoms with Crippen LogP contribution in [0.4, 0.5) is 0 Å². The third kappa shape index (κ3) is 3.06. The SMILES string of the molecule is O=S(=O)([O-])c1ccc(-c2ccc(S(=O)(=O)[O-])c3ccccc23)c2ccccc12. The van der Waals surface area contributed by atoms with Gasteiger partial charge in [-0.15, -0.1) is 0 Å². The van der Waals surface area contributed by atoms with E-state index < -0.39 is 20.2 Å². The first-order valence-corrected chi connectivity index (χ1v) is 11.0. The Morgan fingerprint density at radius 3 is 1.11 bits per heavy atom. The minimum Gasteiger partial charge on any atom is -0.744 e. The summed E-state index contributed by atoms with van der Waals surface area (Å²) in [6, 6.07) is 18.7. The van der Waals surface area contributed by atoms with E-state index in [1.54, 1.807) is 48.5 Å². The third-order valence-electron chi connectivity index (χ3n) is 4.60. The summed E-state index contributed by atoms with van der Waals surface area (Å²) >= 11 is 0. The molecule has 0 aliphatic heterocycles. The number of rotatable bonds is 3. The van der Waals surface area contributed by atoms with Crippen molar-refractivity contribution >= 4 is 41.8 Å². The highest BCUT2D eigenvalue weighted by Crippen LogP contribution is 2.38. The van der Waals surface area contributed by atoms with Gasteiger partial charge in [0.05, 0.1) is 9.79 Å². The van der Waals surface area contributed by atoms with Crippen molar-refractivity contribution in [1.29, 1.82) is 0 Å². The van der Waals surface area contributed by atoms with E-state index in [0.717, 1.165) is 0 Å². The van der Waals surface area contributed by atoms with E-state index in [-0.39, 0.29) is 20.6 Å². The fraction of sp³-hybridized carbons (Fsp3) is 0. The first-order valence-electron chi connectivity index (χ1n) is 8.13. The molecule has 0 N–H and O–H groups in total. The molecule has 0 spiro atoms. The molecule has 142 valence electrons. The summed E-state index contributed by atoms with van der Waals surface area (Å²) < 4.78 is 69.6. The third-order valence-corrected chi connectivity index (χ3v) is 6.39. The Morgan fingerprint density at radius 2 is 0.786 bits per heavy atom. The maximum absolute atomic E-state index is 11.6. The van der Waals surface area contributed by atoms with Crippen molar-refractivity contribution in [3.05, 3.63) is 72.8 Å². The van der Waals surface area contributed by atoms with Gasteiger partial charge in [0.1, 0.15) is 20.2 Å². The highest BCUT2D eigenvalue weighted by atomic mass is 32.2. The molecule has 6 nitrogen and oxygen atoms in total. The van der Waals surface area contributed by atoms with Crippen molar-refractivity contribution < 1.29 is 25.9 Å². The molecule has 0 saturated heterocycles. The van der Waals surface area contributed by atoms with Gasteiger partial charge < -0.3 is 9.11 Å². The molecule has 0 radical (unpaired) electrons. The number of hydrogen-bond acceptors (Lipinski definition) is 6. The predicted octanol–water partition coefficient (Wildman–Crippen LogP) is 3.47. The predicted molar refractivity (Wildman–Crippen MR) is 103 cm³/mol.